The van der Waals surface area contributed by atoms with Gasteiger partial charge in [-0.1, -0.05) is 24.6 Å². The lowest BCUT2D eigenvalue weighted by Gasteiger charge is -2.19. The van der Waals surface area contributed by atoms with Gasteiger partial charge in [0, 0.05) is 34.7 Å². The van der Waals surface area contributed by atoms with Crippen molar-refractivity contribution in [3.63, 3.8) is 0 Å². The van der Waals surface area contributed by atoms with Crippen LogP contribution < -0.4 is 4.74 Å². The predicted molar refractivity (Wildman–Crippen MR) is 97.1 cm³/mol. The topological polar surface area (TPSA) is 58.8 Å². The highest BCUT2D eigenvalue weighted by Gasteiger charge is 2.24. The van der Waals surface area contributed by atoms with Crippen LogP contribution in [0.5, 0.6) is 5.88 Å². The first-order chi connectivity index (χ1) is 12.3. The number of pyridine rings is 2. The zero-order valence-electron chi connectivity index (χ0n) is 14.2. The smallest absolute Gasteiger partial charge is 0.212 e. The van der Waals surface area contributed by atoms with Crippen molar-refractivity contribution in [3.05, 3.63) is 59.1 Å². The summed E-state index contributed by atoms with van der Waals surface area (Å²) in [5.74, 6) is 0.576. The minimum absolute atomic E-state index is 0.576. The molecule has 0 saturated heterocycles. The van der Waals surface area contributed by atoms with Gasteiger partial charge in [-0.25, -0.2) is 4.98 Å². The van der Waals surface area contributed by atoms with Crippen LogP contribution in [-0.2, 0) is 12.8 Å². The number of hydrogen-bond acceptors (Lipinski definition) is 4. The fourth-order valence-corrected chi connectivity index (χ4v) is 3.55. The lowest BCUT2D eigenvalue weighted by Crippen LogP contribution is -2.08. The number of aromatic nitrogens is 2. The second-order valence-electron chi connectivity index (χ2n) is 6.38. The Hall–Kier alpha value is -2.93. The molecular formula is C21H19N3O. The van der Waals surface area contributed by atoms with Gasteiger partial charge in [0.1, 0.15) is 6.07 Å². The van der Waals surface area contributed by atoms with E-state index in [2.05, 4.69) is 11.1 Å². The van der Waals surface area contributed by atoms with Crippen molar-refractivity contribution in [3.8, 4) is 23.1 Å². The van der Waals surface area contributed by atoms with Crippen molar-refractivity contribution in [2.45, 2.75) is 32.1 Å². The predicted octanol–water partition coefficient (Wildman–Crippen LogP) is 4.25. The van der Waals surface area contributed by atoms with E-state index < -0.39 is 0 Å². The van der Waals surface area contributed by atoms with Gasteiger partial charge in [-0.3, -0.25) is 4.98 Å². The molecule has 124 valence electrons. The molecule has 0 amide bonds. The number of ether oxygens (including phenoxy) is 1. The van der Waals surface area contributed by atoms with E-state index in [1.54, 1.807) is 13.3 Å². The van der Waals surface area contributed by atoms with Gasteiger partial charge in [-0.05, 0) is 37.3 Å². The maximum Gasteiger partial charge on any atom is 0.212 e. The van der Waals surface area contributed by atoms with Crippen molar-refractivity contribution in [1.82, 2.24) is 9.97 Å². The highest BCUT2D eigenvalue weighted by atomic mass is 16.5. The Kier molecular flexibility index (Phi) is 4.07. The van der Waals surface area contributed by atoms with Crippen molar-refractivity contribution in [1.29, 1.82) is 5.26 Å². The van der Waals surface area contributed by atoms with Crippen LogP contribution in [0.25, 0.3) is 16.7 Å². The molecule has 0 fully saturated rings. The average molecular weight is 329 g/mol. The molecule has 0 atom stereocenters. The summed E-state index contributed by atoms with van der Waals surface area (Å²) < 4.78 is 5.18. The van der Waals surface area contributed by atoms with Crippen LogP contribution in [0.15, 0.2) is 36.6 Å². The van der Waals surface area contributed by atoms with Gasteiger partial charge in [0.05, 0.1) is 18.4 Å². The van der Waals surface area contributed by atoms with Crippen LogP contribution in [0, 0.1) is 11.3 Å². The third kappa shape index (κ3) is 2.72. The maximum absolute atomic E-state index is 9.92. The molecule has 25 heavy (non-hydrogen) atoms. The molecule has 2 aromatic heterocycles. The van der Waals surface area contributed by atoms with Crippen molar-refractivity contribution in [2.24, 2.45) is 0 Å². The number of hydrogen-bond donors (Lipinski definition) is 0. The molecule has 0 spiro atoms. The SMILES string of the molecule is COc1ccc(-c2c(C#N)c(C3=CC=C3)nc3c2CCCCC3)cn1. The van der Waals surface area contributed by atoms with E-state index in [1.807, 2.05) is 30.4 Å². The highest BCUT2D eigenvalue weighted by Crippen LogP contribution is 2.37. The molecule has 2 aromatic rings. The van der Waals surface area contributed by atoms with Gasteiger partial charge in [-0.15, -0.1) is 0 Å². The van der Waals surface area contributed by atoms with E-state index in [4.69, 9.17) is 9.72 Å². The number of methoxy groups -OCH3 is 1. The van der Waals surface area contributed by atoms with Gasteiger partial charge in [0.2, 0.25) is 5.88 Å². The monoisotopic (exact) mass is 329 g/mol. The maximum atomic E-state index is 9.92. The lowest BCUT2D eigenvalue weighted by atomic mass is 9.88. The Morgan fingerprint density at radius 2 is 2.00 bits per heavy atom. The molecule has 2 aliphatic rings. The van der Waals surface area contributed by atoms with Crippen LogP contribution in [0.2, 0.25) is 0 Å². The first kappa shape index (κ1) is 15.6. The third-order valence-corrected chi connectivity index (χ3v) is 4.90. The van der Waals surface area contributed by atoms with E-state index in [1.165, 1.54) is 12.0 Å². The van der Waals surface area contributed by atoms with E-state index in [0.717, 1.165) is 53.8 Å². The minimum atomic E-state index is 0.576. The summed E-state index contributed by atoms with van der Waals surface area (Å²) in [5, 5.41) is 9.92. The molecular weight excluding hydrogens is 310 g/mol. The second-order valence-corrected chi connectivity index (χ2v) is 6.38. The summed E-state index contributed by atoms with van der Waals surface area (Å²) >= 11 is 0. The molecule has 0 saturated carbocycles. The third-order valence-electron chi connectivity index (χ3n) is 4.90. The lowest BCUT2D eigenvalue weighted by molar-refractivity contribution is 0.398. The molecule has 0 radical (unpaired) electrons. The number of nitriles is 1. The fourth-order valence-electron chi connectivity index (χ4n) is 3.55. The van der Waals surface area contributed by atoms with Crippen LogP contribution in [-0.4, -0.2) is 17.1 Å². The largest absolute Gasteiger partial charge is 0.481 e. The zero-order chi connectivity index (χ0) is 17.2. The molecule has 4 rings (SSSR count). The van der Waals surface area contributed by atoms with Crippen molar-refractivity contribution in [2.75, 3.05) is 7.11 Å². The van der Waals surface area contributed by atoms with E-state index >= 15 is 0 Å². The normalized spacial score (nSPS) is 15.4. The molecule has 0 unspecified atom stereocenters. The summed E-state index contributed by atoms with van der Waals surface area (Å²) in [5.41, 5.74) is 6.81. The molecule has 4 heteroatoms. The van der Waals surface area contributed by atoms with E-state index in [-0.39, 0.29) is 0 Å². The summed E-state index contributed by atoms with van der Waals surface area (Å²) in [6.45, 7) is 0. The highest BCUT2D eigenvalue weighted by molar-refractivity contribution is 5.87. The van der Waals surface area contributed by atoms with Crippen LogP contribution in [0.1, 0.15) is 41.8 Å². The Morgan fingerprint density at radius 1 is 1.16 bits per heavy atom. The van der Waals surface area contributed by atoms with E-state index in [0.29, 0.717) is 11.4 Å². The summed E-state index contributed by atoms with van der Waals surface area (Å²) in [6, 6.07) is 6.25. The van der Waals surface area contributed by atoms with Gasteiger partial charge < -0.3 is 4.74 Å². The fraction of sp³-hybridized carbons (Fsp3) is 0.286. The minimum Gasteiger partial charge on any atom is -0.481 e. The molecule has 2 aliphatic carbocycles. The number of rotatable bonds is 3. The van der Waals surface area contributed by atoms with Gasteiger partial charge in [-0.2, -0.15) is 5.26 Å². The Bertz CT molecular complexity index is 918. The first-order valence-corrected chi connectivity index (χ1v) is 8.67. The molecule has 0 N–H and O–H groups in total. The quantitative estimate of drug-likeness (QED) is 0.790. The Balaban J connectivity index is 1.97. The molecule has 0 bridgehead atoms. The van der Waals surface area contributed by atoms with Crippen molar-refractivity contribution >= 4 is 5.57 Å². The van der Waals surface area contributed by atoms with E-state index in [9.17, 15) is 5.26 Å². The number of nitrogens with zero attached hydrogens (tertiary/aromatic N) is 3. The van der Waals surface area contributed by atoms with Crippen molar-refractivity contribution < 1.29 is 4.74 Å². The summed E-state index contributed by atoms with van der Waals surface area (Å²) in [4.78, 5) is 9.25. The van der Waals surface area contributed by atoms with Gasteiger partial charge >= 0.3 is 0 Å². The number of aryl methyl sites for hydroxylation is 1. The zero-order valence-corrected chi connectivity index (χ0v) is 14.2. The summed E-state index contributed by atoms with van der Waals surface area (Å²) in [6.07, 6.45) is 13.3. The van der Waals surface area contributed by atoms with Crippen LogP contribution in [0.3, 0.4) is 0 Å². The van der Waals surface area contributed by atoms with Crippen LogP contribution >= 0.6 is 0 Å². The van der Waals surface area contributed by atoms with Gasteiger partial charge in [0.25, 0.3) is 0 Å². The van der Waals surface area contributed by atoms with Gasteiger partial charge in [0.15, 0.2) is 0 Å². The number of allylic oxidation sites excluding steroid dienone is 4. The second kappa shape index (κ2) is 6.52. The Morgan fingerprint density at radius 3 is 2.64 bits per heavy atom. The molecule has 2 heterocycles. The molecule has 0 aliphatic heterocycles. The summed E-state index contributed by atoms with van der Waals surface area (Å²) in [7, 11) is 1.61. The Labute approximate surface area is 147 Å². The number of fused-ring (bicyclic) bond motifs is 1. The standard InChI is InChI=1S/C21H19N3O/c1-25-19-11-10-15(13-23-19)20-16-8-3-2-4-9-18(16)24-21(17(20)12-22)14-6-5-7-14/h5-7,10-11,13H,2-4,8-9H2,1H3. The molecule has 4 nitrogen and oxygen atoms in total. The van der Waals surface area contributed by atoms with Crippen LogP contribution in [0.4, 0.5) is 0 Å². The molecule has 0 aromatic carbocycles. The first-order valence-electron chi connectivity index (χ1n) is 8.67. The average Bonchev–Trinajstić information content (AvgIpc) is 2.84.